The molecule has 0 spiro atoms. The van der Waals surface area contributed by atoms with Crippen molar-refractivity contribution in [1.82, 2.24) is 4.98 Å². The molecule has 2 aromatic rings. The van der Waals surface area contributed by atoms with Gasteiger partial charge in [-0.25, -0.2) is 9.37 Å². The van der Waals surface area contributed by atoms with Crippen LogP contribution in [-0.2, 0) is 0 Å². The average molecular weight is 293 g/mol. The molecule has 0 unspecified atom stereocenters. The number of rotatable bonds is 4. The Labute approximate surface area is 121 Å². The molecule has 0 amide bonds. The predicted octanol–water partition coefficient (Wildman–Crippen LogP) is 3.91. The van der Waals surface area contributed by atoms with E-state index in [1.807, 2.05) is 6.07 Å². The molecule has 2 N–H and O–H groups in total. The van der Waals surface area contributed by atoms with E-state index in [-0.39, 0.29) is 10.7 Å². The lowest BCUT2D eigenvalue weighted by atomic mass is 10.1. The number of benzene rings is 1. The molecule has 0 saturated heterocycles. The van der Waals surface area contributed by atoms with E-state index in [0.717, 1.165) is 0 Å². The Morgan fingerprint density at radius 1 is 1.35 bits per heavy atom. The average Bonchev–Trinajstić information content (AvgIpc) is 3.26. The van der Waals surface area contributed by atoms with Gasteiger partial charge < -0.3 is 10.5 Å². The third-order valence-corrected chi connectivity index (χ3v) is 3.57. The summed E-state index contributed by atoms with van der Waals surface area (Å²) in [4.78, 5) is 4.37. The van der Waals surface area contributed by atoms with Crippen molar-refractivity contribution in [3.8, 4) is 17.1 Å². The molecule has 3 nitrogen and oxygen atoms in total. The van der Waals surface area contributed by atoms with Crippen LogP contribution >= 0.6 is 11.6 Å². The van der Waals surface area contributed by atoms with Gasteiger partial charge in [-0.1, -0.05) is 17.7 Å². The van der Waals surface area contributed by atoms with Gasteiger partial charge in [0.15, 0.2) is 0 Å². The SMILES string of the molecule is Nc1c(F)cc(-c2cccc(OCC3CC3)n2)cc1Cl. The van der Waals surface area contributed by atoms with Crippen LogP contribution in [0.4, 0.5) is 10.1 Å². The third kappa shape index (κ3) is 2.85. The molecule has 0 atom stereocenters. The van der Waals surface area contributed by atoms with Crippen LogP contribution in [-0.4, -0.2) is 11.6 Å². The van der Waals surface area contributed by atoms with Crippen molar-refractivity contribution in [2.45, 2.75) is 12.8 Å². The van der Waals surface area contributed by atoms with Crippen molar-refractivity contribution in [3.63, 3.8) is 0 Å². The number of hydrogen-bond donors (Lipinski definition) is 1. The molecule has 5 heteroatoms. The fourth-order valence-electron chi connectivity index (χ4n) is 1.88. The zero-order valence-electron chi connectivity index (χ0n) is 10.8. The first-order valence-electron chi connectivity index (χ1n) is 6.48. The smallest absolute Gasteiger partial charge is 0.213 e. The van der Waals surface area contributed by atoms with Gasteiger partial charge >= 0.3 is 0 Å². The zero-order valence-corrected chi connectivity index (χ0v) is 11.5. The topological polar surface area (TPSA) is 48.1 Å². The first kappa shape index (κ1) is 13.2. The number of anilines is 1. The van der Waals surface area contributed by atoms with Gasteiger partial charge in [0.1, 0.15) is 5.82 Å². The Hall–Kier alpha value is -1.81. The van der Waals surface area contributed by atoms with Crippen molar-refractivity contribution >= 4 is 17.3 Å². The van der Waals surface area contributed by atoms with Gasteiger partial charge in [-0.05, 0) is 37.0 Å². The highest BCUT2D eigenvalue weighted by Gasteiger charge is 2.22. The first-order valence-corrected chi connectivity index (χ1v) is 6.86. The summed E-state index contributed by atoms with van der Waals surface area (Å²) in [6.45, 7) is 0.688. The lowest BCUT2D eigenvalue weighted by Crippen LogP contribution is -2.01. The van der Waals surface area contributed by atoms with Gasteiger partial charge in [0, 0.05) is 11.6 Å². The molecule has 1 aromatic heterocycles. The van der Waals surface area contributed by atoms with Crippen LogP contribution in [0.3, 0.4) is 0 Å². The third-order valence-electron chi connectivity index (χ3n) is 3.26. The first-order chi connectivity index (χ1) is 9.63. The summed E-state index contributed by atoms with van der Waals surface area (Å²) >= 11 is 5.90. The minimum absolute atomic E-state index is 0.0449. The second-order valence-electron chi connectivity index (χ2n) is 4.97. The predicted molar refractivity (Wildman–Crippen MR) is 77.3 cm³/mol. The molecule has 1 aromatic carbocycles. The second kappa shape index (κ2) is 5.29. The van der Waals surface area contributed by atoms with Crippen LogP contribution in [0.5, 0.6) is 5.88 Å². The number of aromatic nitrogens is 1. The molecule has 0 aliphatic heterocycles. The summed E-state index contributed by atoms with van der Waals surface area (Å²) in [5, 5.41) is 0.186. The Balaban J connectivity index is 1.87. The fraction of sp³-hybridized carbons (Fsp3) is 0.267. The van der Waals surface area contributed by atoms with E-state index in [0.29, 0.717) is 29.7 Å². The number of nitrogens with zero attached hydrogens (tertiary/aromatic N) is 1. The second-order valence-corrected chi connectivity index (χ2v) is 5.38. The number of ether oxygens (including phenoxy) is 1. The van der Waals surface area contributed by atoms with Crippen molar-refractivity contribution in [1.29, 1.82) is 0 Å². The number of nitrogens with two attached hydrogens (primary N) is 1. The number of hydrogen-bond acceptors (Lipinski definition) is 3. The van der Waals surface area contributed by atoms with Crippen LogP contribution in [0.2, 0.25) is 5.02 Å². The minimum atomic E-state index is -0.543. The van der Waals surface area contributed by atoms with Gasteiger partial charge in [0.2, 0.25) is 5.88 Å². The van der Waals surface area contributed by atoms with Gasteiger partial charge in [0.25, 0.3) is 0 Å². The van der Waals surface area contributed by atoms with Crippen molar-refractivity contribution < 1.29 is 9.13 Å². The van der Waals surface area contributed by atoms with Gasteiger partial charge in [-0.3, -0.25) is 0 Å². The van der Waals surface area contributed by atoms with E-state index in [4.69, 9.17) is 22.1 Å². The van der Waals surface area contributed by atoms with Crippen molar-refractivity contribution in [3.05, 3.63) is 41.2 Å². The maximum absolute atomic E-state index is 13.6. The van der Waals surface area contributed by atoms with E-state index >= 15 is 0 Å². The molecule has 104 valence electrons. The van der Waals surface area contributed by atoms with Gasteiger partial charge in [-0.2, -0.15) is 0 Å². The van der Waals surface area contributed by atoms with E-state index in [1.165, 1.54) is 18.9 Å². The van der Waals surface area contributed by atoms with E-state index in [2.05, 4.69) is 4.98 Å². The largest absolute Gasteiger partial charge is 0.477 e. The quantitative estimate of drug-likeness (QED) is 0.869. The summed E-state index contributed by atoms with van der Waals surface area (Å²) in [6.07, 6.45) is 2.44. The lowest BCUT2D eigenvalue weighted by Gasteiger charge is -2.08. The minimum Gasteiger partial charge on any atom is -0.477 e. The Bertz CT molecular complexity index is 621. The summed E-state index contributed by atoms with van der Waals surface area (Å²) in [6, 6.07) is 8.33. The maximum atomic E-state index is 13.6. The molecule has 3 rings (SSSR count). The standard InChI is InChI=1S/C15H14ClFN2O/c16-11-6-10(7-12(17)15(11)18)13-2-1-3-14(19-13)20-8-9-4-5-9/h1-3,6-7,9H,4-5,8,18H2. The molecule has 1 saturated carbocycles. The molecule has 20 heavy (non-hydrogen) atoms. The van der Waals surface area contributed by atoms with Crippen LogP contribution in [0.25, 0.3) is 11.3 Å². The number of halogens is 2. The summed E-state index contributed by atoms with van der Waals surface area (Å²) in [5.74, 6) is 0.658. The lowest BCUT2D eigenvalue weighted by molar-refractivity contribution is 0.289. The van der Waals surface area contributed by atoms with E-state index in [1.54, 1.807) is 18.2 Å². The summed E-state index contributed by atoms with van der Waals surface area (Å²) in [5.41, 5.74) is 6.64. The zero-order chi connectivity index (χ0) is 14.1. The van der Waals surface area contributed by atoms with Crippen LogP contribution in [0, 0.1) is 11.7 Å². The molecular weight excluding hydrogens is 279 g/mol. The van der Waals surface area contributed by atoms with Crippen molar-refractivity contribution in [2.24, 2.45) is 5.92 Å². The van der Waals surface area contributed by atoms with Crippen molar-refractivity contribution in [2.75, 3.05) is 12.3 Å². The van der Waals surface area contributed by atoms with Crippen LogP contribution in [0.15, 0.2) is 30.3 Å². The Morgan fingerprint density at radius 2 is 2.15 bits per heavy atom. The highest BCUT2D eigenvalue weighted by Crippen LogP contribution is 2.31. The summed E-state index contributed by atoms with van der Waals surface area (Å²) in [7, 11) is 0. The molecule has 1 aliphatic rings. The van der Waals surface area contributed by atoms with E-state index < -0.39 is 5.82 Å². The Kier molecular flexibility index (Phi) is 3.49. The monoisotopic (exact) mass is 292 g/mol. The highest BCUT2D eigenvalue weighted by molar-refractivity contribution is 6.33. The molecule has 0 radical (unpaired) electrons. The molecular formula is C15H14ClFN2O. The molecule has 0 bridgehead atoms. The van der Waals surface area contributed by atoms with Gasteiger partial charge in [0.05, 0.1) is 23.0 Å². The van der Waals surface area contributed by atoms with Crippen LogP contribution in [0.1, 0.15) is 12.8 Å². The molecule has 1 fully saturated rings. The number of pyridine rings is 1. The van der Waals surface area contributed by atoms with Crippen LogP contribution < -0.4 is 10.5 Å². The van der Waals surface area contributed by atoms with E-state index in [9.17, 15) is 4.39 Å². The number of nitrogen functional groups attached to an aromatic ring is 1. The highest BCUT2D eigenvalue weighted by atomic mass is 35.5. The fourth-order valence-corrected chi connectivity index (χ4v) is 2.08. The normalized spacial score (nSPS) is 14.3. The molecule has 1 aliphatic carbocycles. The van der Waals surface area contributed by atoms with Gasteiger partial charge in [-0.15, -0.1) is 0 Å². The Morgan fingerprint density at radius 3 is 2.85 bits per heavy atom. The summed E-state index contributed by atoms with van der Waals surface area (Å²) < 4.78 is 19.2. The molecule has 1 heterocycles. The maximum Gasteiger partial charge on any atom is 0.213 e.